The minimum absolute atomic E-state index is 0.0823. The fourth-order valence-electron chi connectivity index (χ4n) is 2.49. The number of rotatable bonds is 3. The molecule has 1 unspecified atom stereocenters. The van der Waals surface area contributed by atoms with Crippen LogP contribution in [0.2, 0.25) is 0 Å². The van der Waals surface area contributed by atoms with Crippen molar-refractivity contribution in [2.45, 2.75) is 31.8 Å². The van der Waals surface area contributed by atoms with Crippen LogP contribution in [0, 0.1) is 0 Å². The summed E-state index contributed by atoms with van der Waals surface area (Å²) in [6.07, 6.45) is 6.85. The van der Waals surface area contributed by atoms with Crippen molar-refractivity contribution in [1.82, 2.24) is 20.2 Å². The summed E-state index contributed by atoms with van der Waals surface area (Å²) in [5, 5.41) is 10.6. The number of pyridine rings is 1. The van der Waals surface area contributed by atoms with Gasteiger partial charge in [-0.2, -0.15) is 5.10 Å². The number of fused-ring (bicyclic) bond motifs is 1. The molecule has 0 aliphatic carbocycles. The zero-order chi connectivity index (χ0) is 13.1. The maximum absolute atomic E-state index is 11.8. The van der Waals surface area contributed by atoms with Gasteiger partial charge in [-0.1, -0.05) is 6.07 Å². The quantitative estimate of drug-likeness (QED) is 0.866. The smallest absolute Gasteiger partial charge is 0.237 e. The predicted octanol–water partition coefficient (Wildman–Crippen LogP) is 1.09. The third kappa shape index (κ3) is 2.61. The number of hydrogen-bond donors (Lipinski definition) is 2. The Morgan fingerprint density at radius 3 is 3.32 bits per heavy atom. The second kappa shape index (κ2) is 5.40. The minimum Gasteiger partial charge on any atom is -0.355 e. The molecule has 19 heavy (non-hydrogen) atoms. The van der Waals surface area contributed by atoms with Gasteiger partial charge in [0.2, 0.25) is 5.91 Å². The number of aromatic nitrogens is 2. The SMILES string of the molecule is O=C1NCCCCC1NCc1cnn2ccccc12. The molecule has 5 heteroatoms. The molecule has 2 aromatic rings. The Bertz CT molecular complexity index is 578. The first-order valence-corrected chi connectivity index (χ1v) is 6.77. The first-order chi connectivity index (χ1) is 9.34. The van der Waals surface area contributed by atoms with Crippen molar-refractivity contribution >= 4 is 11.4 Å². The monoisotopic (exact) mass is 258 g/mol. The fourth-order valence-corrected chi connectivity index (χ4v) is 2.49. The van der Waals surface area contributed by atoms with E-state index in [1.165, 1.54) is 0 Å². The molecule has 2 aromatic heterocycles. The van der Waals surface area contributed by atoms with Crippen molar-refractivity contribution in [1.29, 1.82) is 0 Å². The molecule has 2 N–H and O–H groups in total. The Hall–Kier alpha value is -1.88. The van der Waals surface area contributed by atoms with E-state index in [4.69, 9.17) is 0 Å². The lowest BCUT2D eigenvalue weighted by Gasteiger charge is -2.14. The molecule has 0 radical (unpaired) electrons. The van der Waals surface area contributed by atoms with Gasteiger partial charge in [0.15, 0.2) is 0 Å². The van der Waals surface area contributed by atoms with Gasteiger partial charge in [-0.15, -0.1) is 0 Å². The van der Waals surface area contributed by atoms with E-state index < -0.39 is 0 Å². The summed E-state index contributed by atoms with van der Waals surface area (Å²) in [4.78, 5) is 11.8. The molecule has 1 saturated heterocycles. The number of amides is 1. The second-order valence-electron chi connectivity index (χ2n) is 4.92. The first kappa shape index (κ1) is 12.2. The molecule has 0 spiro atoms. The van der Waals surface area contributed by atoms with Crippen molar-refractivity contribution in [3.8, 4) is 0 Å². The lowest BCUT2D eigenvalue weighted by Crippen LogP contribution is -2.42. The number of hydrogen-bond acceptors (Lipinski definition) is 3. The van der Waals surface area contributed by atoms with Crippen LogP contribution in [0.3, 0.4) is 0 Å². The average molecular weight is 258 g/mol. The van der Waals surface area contributed by atoms with Gasteiger partial charge in [-0.05, 0) is 31.4 Å². The lowest BCUT2D eigenvalue weighted by atomic mass is 10.1. The van der Waals surface area contributed by atoms with E-state index in [0.717, 1.165) is 36.9 Å². The molecule has 3 rings (SSSR count). The van der Waals surface area contributed by atoms with Crippen LogP contribution in [-0.2, 0) is 11.3 Å². The van der Waals surface area contributed by atoms with Crippen molar-refractivity contribution in [2.75, 3.05) is 6.54 Å². The summed E-state index contributed by atoms with van der Waals surface area (Å²) in [6, 6.07) is 5.91. The Morgan fingerprint density at radius 2 is 2.37 bits per heavy atom. The van der Waals surface area contributed by atoms with Gasteiger partial charge in [-0.3, -0.25) is 4.79 Å². The number of carbonyl (C=O) groups is 1. The van der Waals surface area contributed by atoms with E-state index >= 15 is 0 Å². The van der Waals surface area contributed by atoms with E-state index in [1.807, 2.05) is 35.1 Å². The van der Waals surface area contributed by atoms with Gasteiger partial charge in [0.25, 0.3) is 0 Å². The maximum Gasteiger partial charge on any atom is 0.237 e. The highest BCUT2D eigenvalue weighted by Gasteiger charge is 2.20. The van der Waals surface area contributed by atoms with E-state index in [1.54, 1.807) is 0 Å². The minimum atomic E-state index is -0.0823. The second-order valence-corrected chi connectivity index (χ2v) is 4.92. The normalized spacial score (nSPS) is 20.2. The average Bonchev–Trinajstić information content (AvgIpc) is 2.73. The van der Waals surface area contributed by atoms with Crippen molar-refractivity contribution in [3.63, 3.8) is 0 Å². The zero-order valence-electron chi connectivity index (χ0n) is 10.8. The molecule has 0 saturated carbocycles. The highest BCUT2D eigenvalue weighted by atomic mass is 16.2. The Kier molecular flexibility index (Phi) is 3.46. The molecule has 0 aromatic carbocycles. The molecule has 1 aliphatic rings. The number of carbonyl (C=O) groups excluding carboxylic acids is 1. The summed E-state index contributed by atoms with van der Waals surface area (Å²) in [6.45, 7) is 1.47. The Morgan fingerprint density at radius 1 is 1.42 bits per heavy atom. The van der Waals surface area contributed by atoms with Gasteiger partial charge in [0.1, 0.15) is 0 Å². The maximum atomic E-state index is 11.8. The summed E-state index contributed by atoms with van der Waals surface area (Å²) < 4.78 is 1.85. The van der Waals surface area contributed by atoms with E-state index in [0.29, 0.717) is 6.54 Å². The summed E-state index contributed by atoms with van der Waals surface area (Å²) in [5.41, 5.74) is 2.21. The first-order valence-electron chi connectivity index (χ1n) is 6.77. The largest absolute Gasteiger partial charge is 0.355 e. The van der Waals surface area contributed by atoms with Crippen LogP contribution in [0.5, 0.6) is 0 Å². The van der Waals surface area contributed by atoms with Gasteiger partial charge >= 0.3 is 0 Å². The van der Waals surface area contributed by atoms with Crippen LogP contribution in [-0.4, -0.2) is 28.1 Å². The molecule has 1 aliphatic heterocycles. The number of nitrogens with zero attached hydrogens (tertiary/aromatic N) is 2. The third-order valence-electron chi connectivity index (χ3n) is 3.58. The standard InChI is InChI=1S/C14H18N4O/c19-14-12(5-1-3-7-15-14)16-9-11-10-17-18-8-4-2-6-13(11)18/h2,4,6,8,10,12,16H,1,3,5,7,9H2,(H,15,19). The fraction of sp³-hybridized carbons (Fsp3) is 0.429. The highest BCUT2D eigenvalue weighted by Crippen LogP contribution is 2.11. The molecular formula is C14H18N4O. The van der Waals surface area contributed by atoms with E-state index in [9.17, 15) is 4.79 Å². The van der Waals surface area contributed by atoms with Crippen LogP contribution in [0.25, 0.3) is 5.52 Å². The molecule has 0 bridgehead atoms. The van der Waals surface area contributed by atoms with Crippen molar-refractivity contribution in [3.05, 3.63) is 36.2 Å². The van der Waals surface area contributed by atoms with Gasteiger partial charge < -0.3 is 10.6 Å². The van der Waals surface area contributed by atoms with Crippen molar-refractivity contribution in [2.24, 2.45) is 0 Å². The molecule has 3 heterocycles. The van der Waals surface area contributed by atoms with Crippen LogP contribution >= 0.6 is 0 Å². The molecule has 1 fully saturated rings. The van der Waals surface area contributed by atoms with Crippen LogP contribution in [0.15, 0.2) is 30.6 Å². The highest BCUT2D eigenvalue weighted by molar-refractivity contribution is 5.81. The van der Waals surface area contributed by atoms with E-state index in [-0.39, 0.29) is 11.9 Å². The van der Waals surface area contributed by atoms with Crippen LogP contribution in [0.4, 0.5) is 0 Å². The molecular weight excluding hydrogens is 240 g/mol. The molecule has 1 atom stereocenters. The van der Waals surface area contributed by atoms with Gasteiger partial charge in [0, 0.05) is 24.8 Å². The summed E-state index contributed by atoms with van der Waals surface area (Å²) >= 11 is 0. The predicted molar refractivity (Wildman–Crippen MR) is 72.7 cm³/mol. The Balaban J connectivity index is 1.70. The number of nitrogens with one attached hydrogen (secondary N) is 2. The van der Waals surface area contributed by atoms with E-state index in [2.05, 4.69) is 15.7 Å². The Labute approximate surface area is 112 Å². The molecule has 1 amide bonds. The molecule has 5 nitrogen and oxygen atoms in total. The summed E-state index contributed by atoms with van der Waals surface area (Å²) in [7, 11) is 0. The van der Waals surface area contributed by atoms with Gasteiger partial charge in [0.05, 0.1) is 17.8 Å². The topological polar surface area (TPSA) is 58.4 Å². The lowest BCUT2D eigenvalue weighted by molar-refractivity contribution is -0.122. The summed E-state index contributed by atoms with van der Waals surface area (Å²) in [5.74, 6) is 0.119. The van der Waals surface area contributed by atoms with Crippen molar-refractivity contribution < 1.29 is 4.79 Å². The van der Waals surface area contributed by atoms with Crippen LogP contribution < -0.4 is 10.6 Å². The third-order valence-corrected chi connectivity index (χ3v) is 3.58. The molecule has 100 valence electrons. The van der Waals surface area contributed by atoms with Gasteiger partial charge in [-0.25, -0.2) is 4.52 Å². The van der Waals surface area contributed by atoms with Crippen LogP contribution in [0.1, 0.15) is 24.8 Å². The zero-order valence-corrected chi connectivity index (χ0v) is 10.8.